The van der Waals surface area contributed by atoms with Crippen molar-refractivity contribution in [2.24, 2.45) is 0 Å². The quantitative estimate of drug-likeness (QED) is 0.733. The maximum absolute atomic E-state index is 10.7. The van der Waals surface area contributed by atoms with Crippen molar-refractivity contribution in [1.82, 2.24) is 0 Å². The predicted octanol–water partition coefficient (Wildman–Crippen LogP) is 3.36. The van der Waals surface area contributed by atoms with Gasteiger partial charge in [-0.3, -0.25) is 0 Å². The molecular weight excluding hydrogens is 244 g/mol. The lowest BCUT2D eigenvalue weighted by molar-refractivity contribution is -0.00817. The minimum atomic E-state index is -0.934. The monoisotopic (exact) mass is 266 g/mol. The van der Waals surface area contributed by atoms with E-state index in [1.54, 1.807) is 12.1 Å². The summed E-state index contributed by atoms with van der Waals surface area (Å²) in [4.78, 5) is 10.7. The van der Waals surface area contributed by atoms with Gasteiger partial charge in [0.25, 0.3) is 0 Å². The zero-order chi connectivity index (χ0) is 14.3. The largest absolute Gasteiger partial charge is 0.488 e. The summed E-state index contributed by atoms with van der Waals surface area (Å²) in [6.07, 6.45) is 2.08. The van der Waals surface area contributed by atoms with E-state index in [9.17, 15) is 4.79 Å². The number of unbranched alkanes of at least 4 members (excludes halogenated alkanes) is 1. The first-order chi connectivity index (χ1) is 9.04. The molecule has 1 aromatic rings. The molecule has 0 amide bonds. The van der Waals surface area contributed by atoms with E-state index < -0.39 is 5.97 Å². The van der Waals surface area contributed by atoms with Gasteiger partial charge in [0.1, 0.15) is 11.9 Å². The first-order valence-corrected chi connectivity index (χ1v) is 6.66. The van der Waals surface area contributed by atoms with Crippen LogP contribution in [0.25, 0.3) is 0 Å². The number of rotatable bonds is 8. The van der Waals surface area contributed by atoms with Crippen molar-refractivity contribution in [2.45, 2.75) is 45.8 Å². The molecule has 0 fully saturated rings. The maximum atomic E-state index is 10.7. The average Bonchev–Trinajstić information content (AvgIpc) is 2.39. The Bertz CT molecular complexity index is 386. The number of aromatic carboxylic acids is 1. The molecule has 19 heavy (non-hydrogen) atoms. The molecule has 0 radical (unpaired) electrons. The summed E-state index contributed by atoms with van der Waals surface area (Å²) in [6, 6.07) is 6.40. The summed E-state index contributed by atoms with van der Waals surface area (Å²) < 4.78 is 11.4. The van der Waals surface area contributed by atoms with E-state index in [0.29, 0.717) is 5.75 Å². The normalized spacial score (nSPS) is 13.8. The topological polar surface area (TPSA) is 55.8 Å². The Kier molecular flexibility index (Phi) is 6.36. The van der Waals surface area contributed by atoms with Crippen LogP contribution in [0.3, 0.4) is 0 Å². The van der Waals surface area contributed by atoms with Crippen molar-refractivity contribution in [1.29, 1.82) is 0 Å². The van der Waals surface area contributed by atoms with Gasteiger partial charge in [0.05, 0.1) is 11.7 Å². The molecule has 0 aliphatic rings. The van der Waals surface area contributed by atoms with Crippen molar-refractivity contribution in [3.05, 3.63) is 29.8 Å². The van der Waals surface area contributed by atoms with Crippen LogP contribution in [0, 0.1) is 0 Å². The molecule has 0 aromatic heterocycles. The highest BCUT2D eigenvalue weighted by Gasteiger charge is 2.14. The molecule has 1 rings (SSSR count). The molecule has 2 atom stereocenters. The zero-order valence-corrected chi connectivity index (χ0v) is 11.8. The van der Waals surface area contributed by atoms with Gasteiger partial charge in [-0.15, -0.1) is 0 Å². The van der Waals surface area contributed by atoms with E-state index in [0.717, 1.165) is 19.4 Å². The molecule has 0 aliphatic heterocycles. The van der Waals surface area contributed by atoms with Gasteiger partial charge in [-0.05, 0) is 44.5 Å². The minimum Gasteiger partial charge on any atom is -0.488 e. The lowest BCUT2D eigenvalue weighted by Crippen LogP contribution is -2.29. The van der Waals surface area contributed by atoms with Gasteiger partial charge in [-0.25, -0.2) is 4.79 Å². The zero-order valence-electron chi connectivity index (χ0n) is 11.8. The highest BCUT2D eigenvalue weighted by Crippen LogP contribution is 2.16. The molecule has 4 nitrogen and oxygen atoms in total. The van der Waals surface area contributed by atoms with Crippen LogP contribution in [-0.2, 0) is 4.74 Å². The van der Waals surface area contributed by atoms with Gasteiger partial charge in [0.15, 0.2) is 0 Å². The number of benzene rings is 1. The number of carboxylic acids is 1. The van der Waals surface area contributed by atoms with Crippen molar-refractivity contribution >= 4 is 5.97 Å². The highest BCUT2D eigenvalue weighted by molar-refractivity contribution is 5.87. The third kappa shape index (κ3) is 5.30. The highest BCUT2D eigenvalue weighted by atomic mass is 16.5. The number of ether oxygens (including phenoxy) is 2. The van der Waals surface area contributed by atoms with Gasteiger partial charge in [0.2, 0.25) is 0 Å². The SMILES string of the molecule is CCCCO[C@H](C)[C@H](C)Oc1ccc(C(=O)O)cc1. The second-order valence-corrected chi connectivity index (χ2v) is 4.58. The fourth-order valence-corrected chi connectivity index (χ4v) is 1.54. The number of carboxylic acid groups (broad SMARTS) is 1. The minimum absolute atomic E-state index is 0.00528. The third-order valence-electron chi connectivity index (χ3n) is 2.96. The summed E-state index contributed by atoms with van der Waals surface area (Å²) in [5.74, 6) is -0.278. The molecule has 4 heteroatoms. The van der Waals surface area contributed by atoms with Crippen LogP contribution in [0.1, 0.15) is 44.0 Å². The first kappa shape index (κ1) is 15.5. The van der Waals surface area contributed by atoms with E-state index in [1.807, 2.05) is 13.8 Å². The summed E-state index contributed by atoms with van der Waals surface area (Å²) in [5.41, 5.74) is 0.257. The molecule has 106 valence electrons. The average molecular weight is 266 g/mol. The van der Waals surface area contributed by atoms with E-state index in [-0.39, 0.29) is 17.8 Å². The standard InChI is InChI=1S/C15H22O4/c1-4-5-10-18-11(2)12(3)19-14-8-6-13(7-9-14)15(16)17/h6-9,11-12H,4-5,10H2,1-3H3,(H,16,17)/t11-,12+/m1/s1. The number of carbonyl (C=O) groups is 1. The fourth-order valence-electron chi connectivity index (χ4n) is 1.54. The van der Waals surface area contributed by atoms with Crippen LogP contribution >= 0.6 is 0 Å². The molecular formula is C15H22O4. The van der Waals surface area contributed by atoms with E-state index in [4.69, 9.17) is 14.6 Å². The maximum Gasteiger partial charge on any atom is 0.335 e. The molecule has 0 saturated carbocycles. The molecule has 1 N–H and O–H groups in total. The molecule has 0 aliphatic carbocycles. The Labute approximate surface area is 114 Å². The number of hydrogen-bond acceptors (Lipinski definition) is 3. The lowest BCUT2D eigenvalue weighted by atomic mass is 10.2. The molecule has 1 aromatic carbocycles. The van der Waals surface area contributed by atoms with Gasteiger partial charge < -0.3 is 14.6 Å². The Balaban J connectivity index is 2.46. The van der Waals surface area contributed by atoms with Gasteiger partial charge in [-0.1, -0.05) is 13.3 Å². The van der Waals surface area contributed by atoms with Crippen LogP contribution in [0.4, 0.5) is 0 Å². The summed E-state index contributed by atoms with van der Waals surface area (Å²) in [6.45, 7) is 6.79. The number of hydrogen-bond donors (Lipinski definition) is 1. The Hall–Kier alpha value is -1.55. The van der Waals surface area contributed by atoms with E-state index >= 15 is 0 Å². The van der Waals surface area contributed by atoms with Crippen LogP contribution in [0.2, 0.25) is 0 Å². The molecule has 0 saturated heterocycles. The van der Waals surface area contributed by atoms with Crippen LogP contribution in [0.5, 0.6) is 5.75 Å². The molecule has 0 spiro atoms. The summed E-state index contributed by atoms with van der Waals surface area (Å²) in [5, 5.41) is 8.81. The van der Waals surface area contributed by atoms with Crippen LogP contribution < -0.4 is 4.74 Å². The van der Waals surface area contributed by atoms with Crippen LogP contribution in [0.15, 0.2) is 24.3 Å². The van der Waals surface area contributed by atoms with Crippen molar-refractivity contribution in [3.8, 4) is 5.75 Å². The Morgan fingerprint density at radius 2 is 1.84 bits per heavy atom. The second kappa shape index (κ2) is 7.79. The van der Waals surface area contributed by atoms with Crippen LogP contribution in [-0.4, -0.2) is 29.9 Å². The Morgan fingerprint density at radius 1 is 1.21 bits per heavy atom. The molecule has 0 unspecified atom stereocenters. The fraction of sp³-hybridized carbons (Fsp3) is 0.533. The van der Waals surface area contributed by atoms with Crippen molar-refractivity contribution < 1.29 is 19.4 Å². The second-order valence-electron chi connectivity index (χ2n) is 4.58. The van der Waals surface area contributed by atoms with Gasteiger partial charge in [-0.2, -0.15) is 0 Å². The molecule has 0 heterocycles. The smallest absolute Gasteiger partial charge is 0.335 e. The summed E-state index contributed by atoms with van der Waals surface area (Å²) in [7, 11) is 0. The third-order valence-corrected chi connectivity index (χ3v) is 2.96. The van der Waals surface area contributed by atoms with Crippen molar-refractivity contribution in [2.75, 3.05) is 6.61 Å². The summed E-state index contributed by atoms with van der Waals surface area (Å²) >= 11 is 0. The predicted molar refractivity (Wildman–Crippen MR) is 73.8 cm³/mol. The van der Waals surface area contributed by atoms with Gasteiger partial charge >= 0.3 is 5.97 Å². The first-order valence-electron chi connectivity index (χ1n) is 6.66. The molecule has 0 bridgehead atoms. The van der Waals surface area contributed by atoms with E-state index in [2.05, 4.69) is 6.92 Å². The van der Waals surface area contributed by atoms with E-state index in [1.165, 1.54) is 12.1 Å². The lowest BCUT2D eigenvalue weighted by Gasteiger charge is -2.22. The Morgan fingerprint density at radius 3 is 2.37 bits per heavy atom. The van der Waals surface area contributed by atoms with Gasteiger partial charge in [0, 0.05) is 6.61 Å². The van der Waals surface area contributed by atoms with Crippen molar-refractivity contribution in [3.63, 3.8) is 0 Å².